The molecule has 3 amide bonds. The van der Waals surface area contributed by atoms with Crippen molar-refractivity contribution in [3.05, 3.63) is 154 Å². The van der Waals surface area contributed by atoms with Crippen LogP contribution in [-0.2, 0) is 22.4 Å². The molecule has 4 N–H and O–H groups in total. The van der Waals surface area contributed by atoms with E-state index in [9.17, 15) is 19.6 Å². The van der Waals surface area contributed by atoms with Crippen LogP contribution >= 0.6 is 23.1 Å². The van der Waals surface area contributed by atoms with E-state index in [2.05, 4.69) is 27.0 Å². The molecule has 4 aromatic carbocycles. The Labute approximate surface area is 303 Å². The zero-order valence-electron chi connectivity index (χ0n) is 27.4. The molecule has 7 rings (SSSR count). The van der Waals surface area contributed by atoms with E-state index >= 15 is 0 Å². The lowest BCUT2D eigenvalue weighted by atomic mass is 9.96. The molecule has 1 atom stereocenters. The fourth-order valence-electron chi connectivity index (χ4n) is 6.14. The lowest BCUT2D eigenvalue weighted by Crippen LogP contribution is -2.30. The van der Waals surface area contributed by atoms with Gasteiger partial charge in [-0.3, -0.25) is 14.4 Å². The number of benzene rings is 4. The van der Waals surface area contributed by atoms with Gasteiger partial charge in [0.25, 0.3) is 11.8 Å². The lowest BCUT2D eigenvalue weighted by Gasteiger charge is -2.17. The van der Waals surface area contributed by atoms with Gasteiger partial charge in [0.1, 0.15) is 22.0 Å². The molecule has 0 saturated heterocycles. The van der Waals surface area contributed by atoms with Crippen molar-refractivity contribution in [2.75, 3.05) is 10.6 Å². The van der Waals surface area contributed by atoms with Crippen molar-refractivity contribution in [2.24, 2.45) is 0 Å². The molecule has 0 fully saturated rings. The molecule has 8 nitrogen and oxygen atoms in total. The van der Waals surface area contributed by atoms with Crippen LogP contribution < -0.4 is 16.0 Å². The third kappa shape index (κ3) is 7.65. The second-order valence-electron chi connectivity index (χ2n) is 12.1. The first kappa shape index (κ1) is 33.6. The summed E-state index contributed by atoms with van der Waals surface area (Å²) in [6, 6.07) is 35.5. The summed E-state index contributed by atoms with van der Waals surface area (Å²) in [7, 11) is 0. The molecule has 1 aliphatic rings. The minimum atomic E-state index is -0.634. The number of carbonyl (C=O) groups excluding carboxylic acids is 3. The summed E-state index contributed by atoms with van der Waals surface area (Å²) >= 11 is 2.85. The normalized spacial score (nSPS) is 13.1. The number of thiophene rings is 1. The number of nitrogens with zero attached hydrogens (tertiary/aromatic N) is 1. The number of aryl methyl sites for hydroxylation is 1. The number of aromatic nitrogens is 1. The van der Waals surface area contributed by atoms with Gasteiger partial charge in [0.2, 0.25) is 5.91 Å². The molecular formula is C41H33N5O3S2. The molecule has 0 bridgehead atoms. The molecule has 1 aliphatic carbocycles. The third-order valence-corrected chi connectivity index (χ3v) is 11.1. The quantitative estimate of drug-likeness (QED) is 0.0836. The highest BCUT2D eigenvalue weighted by molar-refractivity contribution is 8.00. The van der Waals surface area contributed by atoms with E-state index in [0.29, 0.717) is 21.8 Å². The van der Waals surface area contributed by atoms with Crippen LogP contribution in [0.5, 0.6) is 0 Å². The Bertz CT molecular complexity index is 2300. The number of anilines is 2. The molecular weight excluding hydrogens is 675 g/mol. The van der Waals surface area contributed by atoms with Gasteiger partial charge in [0, 0.05) is 43.7 Å². The van der Waals surface area contributed by atoms with Gasteiger partial charge in [-0.15, -0.1) is 23.1 Å². The number of hydrogen-bond acceptors (Lipinski definition) is 6. The highest BCUT2D eigenvalue weighted by Crippen LogP contribution is 2.41. The SMILES string of the molecule is N#Cc1c(NC(=O)C(Sc2cccc(NC(=O)/C(=C/c3c[nH]c4ccccc34)NC(=O)c3ccccc3)c2)c2ccccc2)sc2c1CCCC2. The second kappa shape index (κ2) is 15.3. The highest BCUT2D eigenvalue weighted by atomic mass is 32.2. The summed E-state index contributed by atoms with van der Waals surface area (Å²) in [5.41, 5.74) is 5.08. The largest absolute Gasteiger partial charge is 0.361 e. The Morgan fingerprint density at radius 3 is 2.41 bits per heavy atom. The summed E-state index contributed by atoms with van der Waals surface area (Å²) in [5, 5.41) is 19.7. The summed E-state index contributed by atoms with van der Waals surface area (Å²) in [5.74, 6) is -1.15. The predicted octanol–water partition coefficient (Wildman–Crippen LogP) is 8.86. The first-order chi connectivity index (χ1) is 25.0. The number of nitrogens with one attached hydrogen (secondary N) is 4. The maximum Gasteiger partial charge on any atom is 0.272 e. The maximum atomic E-state index is 14.0. The number of fused-ring (bicyclic) bond motifs is 2. The van der Waals surface area contributed by atoms with Gasteiger partial charge in [-0.05, 0) is 79.3 Å². The maximum absolute atomic E-state index is 14.0. The van der Waals surface area contributed by atoms with Gasteiger partial charge < -0.3 is 20.9 Å². The fraction of sp³-hybridized carbons (Fsp3) is 0.122. The van der Waals surface area contributed by atoms with E-state index < -0.39 is 17.1 Å². The monoisotopic (exact) mass is 707 g/mol. The lowest BCUT2D eigenvalue weighted by molar-refractivity contribution is -0.116. The van der Waals surface area contributed by atoms with Crippen LogP contribution in [-0.4, -0.2) is 22.7 Å². The Hall–Kier alpha value is -5.89. The number of amides is 3. The minimum Gasteiger partial charge on any atom is -0.361 e. The van der Waals surface area contributed by atoms with Gasteiger partial charge in [-0.2, -0.15) is 5.26 Å². The number of rotatable bonds is 10. The number of carbonyl (C=O) groups is 3. The van der Waals surface area contributed by atoms with Crippen molar-refractivity contribution in [3.63, 3.8) is 0 Å². The second-order valence-corrected chi connectivity index (χ2v) is 14.4. The van der Waals surface area contributed by atoms with Gasteiger partial charge >= 0.3 is 0 Å². The van der Waals surface area contributed by atoms with Crippen LogP contribution in [0, 0.1) is 11.3 Å². The first-order valence-electron chi connectivity index (χ1n) is 16.6. The standard InChI is InChI=1S/C41H33N5O3S2/c42-24-33-32-19-8-10-21-36(32)51-41(33)46-40(49)37(26-12-3-1-4-13-26)50-30-17-11-16-29(23-30)44-39(48)35(45-38(47)27-14-5-2-6-15-27)22-28-25-43-34-20-9-7-18-31(28)34/h1-7,9,11-18,20,22-23,25,37,43H,8,10,19,21H2,(H,44,48)(H,45,47)(H,46,49)/b35-22-. The fourth-order valence-corrected chi connectivity index (χ4v) is 8.47. The minimum absolute atomic E-state index is 0.0696. The Balaban J connectivity index is 1.14. The average Bonchev–Trinajstić information content (AvgIpc) is 3.74. The van der Waals surface area contributed by atoms with E-state index in [1.807, 2.05) is 72.8 Å². The zero-order chi connectivity index (χ0) is 35.2. The van der Waals surface area contributed by atoms with E-state index in [1.54, 1.807) is 48.7 Å². The molecule has 0 saturated carbocycles. The number of nitriles is 1. The van der Waals surface area contributed by atoms with E-state index in [0.717, 1.165) is 58.2 Å². The van der Waals surface area contributed by atoms with Crippen LogP contribution in [0.4, 0.5) is 10.7 Å². The summed E-state index contributed by atoms with van der Waals surface area (Å²) < 4.78 is 0. The average molecular weight is 708 g/mol. The zero-order valence-corrected chi connectivity index (χ0v) is 29.1. The molecule has 0 aliphatic heterocycles. The molecule has 51 heavy (non-hydrogen) atoms. The molecule has 2 aromatic heterocycles. The predicted molar refractivity (Wildman–Crippen MR) is 205 cm³/mol. The van der Waals surface area contributed by atoms with Gasteiger partial charge in [-0.25, -0.2) is 0 Å². The number of thioether (sulfide) groups is 1. The summed E-state index contributed by atoms with van der Waals surface area (Å²) in [6.07, 6.45) is 7.36. The number of H-pyrrole nitrogens is 1. The summed E-state index contributed by atoms with van der Waals surface area (Å²) in [6.45, 7) is 0. The van der Waals surface area contributed by atoms with Crippen molar-refractivity contribution in [3.8, 4) is 6.07 Å². The van der Waals surface area contributed by atoms with Crippen LogP contribution in [0.1, 0.15) is 55.6 Å². The van der Waals surface area contributed by atoms with Crippen molar-refractivity contribution in [1.82, 2.24) is 10.3 Å². The molecule has 10 heteroatoms. The van der Waals surface area contributed by atoms with Crippen LogP contribution in [0.2, 0.25) is 0 Å². The van der Waals surface area contributed by atoms with E-state index in [4.69, 9.17) is 0 Å². The van der Waals surface area contributed by atoms with Crippen molar-refractivity contribution < 1.29 is 14.4 Å². The molecule has 0 spiro atoms. The number of para-hydroxylation sites is 1. The van der Waals surface area contributed by atoms with Gasteiger partial charge in [0.05, 0.1) is 5.56 Å². The number of hydrogen-bond donors (Lipinski definition) is 4. The molecule has 6 aromatic rings. The smallest absolute Gasteiger partial charge is 0.272 e. The Kier molecular flexibility index (Phi) is 10.1. The van der Waals surface area contributed by atoms with Crippen molar-refractivity contribution in [1.29, 1.82) is 5.26 Å². The van der Waals surface area contributed by atoms with Crippen molar-refractivity contribution >= 4 is 68.5 Å². The highest BCUT2D eigenvalue weighted by Gasteiger charge is 2.27. The summed E-state index contributed by atoms with van der Waals surface area (Å²) in [4.78, 5) is 46.2. The van der Waals surface area contributed by atoms with E-state index in [-0.39, 0.29) is 11.6 Å². The van der Waals surface area contributed by atoms with Gasteiger partial charge in [0.15, 0.2) is 0 Å². The third-order valence-electron chi connectivity index (χ3n) is 8.66. The van der Waals surface area contributed by atoms with Crippen LogP contribution in [0.15, 0.2) is 126 Å². The van der Waals surface area contributed by atoms with Crippen LogP contribution in [0.25, 0.3) is 17.0 Å². The number of aromatic amines is 1. The molecule has 0 radical (unpaired) electrons. The van der Waals surface area contributed by atoms with Crippen molar-refractivity contribution in [2.45, 2.75) is 35.8 Å². The van der Waals surface area contributed by atoms with Crippen LogP contribution in [0.3, 0.4) is 0 Å². The molecule has 1 unspecified atom stereocenters. The first-order valence-corrected chi connectivity index (χ1v) is 18.3. The Morgan fingerprint density at radius 1 is 0.863 bits per heavy atom. The molecule has 2 heterocycles. The Morgan fingerprint density at radius 2 is 1.61 bits per heavy atom. The van der Waals surface area contributed by atoms with E-state index in [1.165, 1.54) is 28.0 Å². The molecule has 252 valence electrons. The topological polar surface area (TPSA) is 127 Å². The van der Waals surface area contributed by atoms with Gasteiger partial charge in [-0.1, -0.05) is 72.8 Å².